The SMILES string of the molecule is COc1ccc(Cn2cc(-c3ccccc3C)c3ccc(-c4ccccc4)cc3c2=O)c(OC)c1. The van der Waals surface area contributed by atoms with Crippen molar-refractivity contribution in [2.45, 2.75) is 13.5 Å². The molecule has 0 radical (unpaired) electrons. The van der Waals surface area contributed by atoms with E-state index in [-0.39, 0.29) is 5.56 Å². The van der Waals surface area contributed by atoms with Gasteiger partial charge in [0.2, 0.25) is 0 Å². The Morgan fingerprint density at radius 2 is 1.49 bits per heavy atom. The summed E-state index contributed by atoms with van der Waals surface area (Å²) in [5.41, 5.74) is 6.28. The van der Waals surface area contributed by atoms with E-state index in [4.69, 9.17) is 9.47 Å². The number of methoxy groups -OCH3 is 2. The second-order valence-corrected chi connectivity index (χ2v) is 8.59. The van der Waals surface area contributed by atoms with Crippen molar-refractivity contribution in [3.63, 3.8) is 0 Å². The van der Waals surface area contributed by atoms with Gasteiger partial charge < -0.3 is 14.0 Å². The summed E-state index contributed by atoms with van der Waals surface area (Å²) < 4.78 is 12.7. The predicted octanol–water partition coefficient (Wildman–Crippen LogP) is 6.71. The molecule has 35 heavy (non-hydrogen) atoms. The lowest BCUT2D eigenvalue weighted by atomic mass is 9.94. The average Bonchev–Trinajstić information content (AvgIpc) is 2.91. The Hall–Kier alpha value is -4.31. The van der Waals surface area contributed by atoms with Crippen LogP contribution in [0.3, 0.4) is 0 Å². The summed E-state index contributed by atoms with van der Waals surface area (Å²) in [6.07, 6.45) is 1.97. The lowest BCUT2D eigenvalue weighted by Gasteiger charge is -2.17. The fourth-order valence-electron chi connectivity index (χ4n) is 4.58. The number of benzene rings is 4. The minimum absolute atomic E-state index is 0.0343. The van der Waals surface area contributed by atoms with Gasteiger partial charge in [0.1, 0.15) is 11.5 Å². The number of pyridine rings is 1. The largest absolute Gasteiger partial charge is 0.497 e. The summed E-state index contributed by atoms with van der Waals surface area (Å²) in [4.78, 5) is 13.8. The van der Waals surface area contributed by atoms with E-state index in [1.54, 1.807) is 18.8 Å². The molecule has 0 atom stereocenters. The fraction of sp³-hybridized carbons (Fsp3) is 0.129. The van der Waals surface area contributed by atoms with E-state index in [9.17, 15) is 4.79 Å². The van der Waals surface area contributed by atoms with Gasteiger partial charge in [-0.15, -0.1) is 0 Å². The van der Waals surface area contributed by atoms with Crippen LogP contribution >= 0.6 is 0 Å². The van der Waals surface area contributed by atoms with Crippen LogP contribution in [0.25, 0.3) is 33.0 Å². The summed E-state index contributed by atoms with van der Waals surface area (Å²) in [6, 6.07) is 30.3. The molecule has 0 saturated carbocycles. The van der Waals surface area contributed by atoms with Crippen molar-refractivity contribution in [2.24, 2.45) is 0 Å². The maximum Gasteiger partial charge on any atom is 0.258 e. The predicted molar refractivity (Wildman–Crippen MR) is 142 cm³/mol. The molecule has 0 N–H and O–H groups in total. The van der Waals surface area contributed by atoms with Gasteiger partial charge in [-0.2, -0.15) is 0 Å². The van der Waals surface area contributed by atoms with Crippen molar-refractivity contribution in [3.05, 3.63) is 119 Å². The maximum absolute atomic E-state index is 13.8. The van der Waals surface area contributed by atoms with Crippen molar-refractivity contribution in [2.75, 3.05) is 14.2 Å². The van der Waals surface area contributed by atoms with Crippen LogP contribution in [0.1, 0.15) is 11.1 Å². The topological polar surface area (TPSA) is 40.5 Å². The number of ether oxygens (including phenoxy) is 2. The van der Waals surface area contributed by atoms with Gasteiger partial charge in [0.25, 0.3) is 5.56 Å². The summed E-state index contributed by atoms with van der Waals surface area (Å²) in [5, 5.41) is 1.64. The minimum Gasteiger partial charge on any atom is -0.497 e. The first kappa shape index (κ1) is 22.5. The molecule has 4 heteroatoms. The molecule has 0 fully saturated rings. The molecule has 0 unspecified atom stereocenters. The first-order chi connectivity index (χ1) is 17.1. The Morgan fingerprint density at radius 3 is 2.23 bits per heavy atom. The zero-order chi connectivity index (χ0) is 24.4. The lowest BCUT2D eigenvalue weighted by Crippen LogP contribution is -2.21. The molecule has 1 heterocycles. The molecule has 0 aliphatic carbocycles. The van der Waals surface area contributed by atoms with Crippen LogP contribution in [0.5, 0.6) is 11.5 Å². The highest BCUT2D eigenvalue weighted by Crippen LogP contribution is 2.33. The zero-order valence-corrected chi connectivity index (χ0v) is 20.1. The van der Waals surface area contributed by atoms with Gasteiger partial charge in [-0.1, -0.05) is 66.7 Å². The third-order valence-electron chi connectivity index (χ3n) is 6.46. The average molecular weight is 462 g/mol. The van der Waals surface area contributed by atoms with Gasteiger partial charge in [-0.05, 0) is 52.8 Å². The molecule has 0 aliphatic heterocycles. The molecule has 5 rings (SSSR count). The zero-order valence-electron chi connectivity index (χ0n) is 20.1. The molecule has 0 spiro atoms. The fourth-order valence-corrected chi connectivity index (χ4v) is 4.58. The number of fused-ring (bicyclic) bond motifs is 1. The van der Waals surface area contributed by atoms with Gasteiger partial charge in [-0.3, -0.25) is 4.79 Å². The standard InChI is InChI=1S/C31H27NO3/c1-21-9-7-8-12-26(21)29-20-32(19-24-13-15-25(34-2)18-30(24)35-3)31(33)28-17-23(14-16-27(28)29)22-10-5-4-6-11-22/h4-18,20H,19H2,1-3H3. The first-order valence-electron chi connectivity index (χ1n) is 11.6. The van der Waals surface area contributed by atoms with E-state index >= 15 is 0 Å². The van der Waals surface area contributed by atoms with E-state index < -0.39 is 0 Å². The Balaban J connectivity index is 1.74. The summed E-state index contributed by atoms with van der Waals surface area (Å²) >= 11 is 0. The van der Waals surface area contributed by atoms with E-state index in [1.165, 1.54) is 0 Å². The normalized spacial score (nSPS) is 10.9. The second-order valence-electron chi connectivity index (χ2n) is 8.59. The Morgan fingerprint density at radius 1 is 0.714 bits per heavy atom. The van der Waals surface area contributed by atoms with Crippen LogP contribution in [0, 0.1) is 6.92 Å². The van der Waals surface area contributed by atoms with E-state index in [1.807, 2.05) is 60.8 Å². The van der Waals surface area contributed by atoms with E-state index in [0.29, 0.717) is 23.4 Å². The van der Waals surface area contributed by atoms with Crippen LogP contribution in [-0.2, 0) is 6.54 Å². The van der Waals surface area contributed by atoms with E-state index in [2.05, 4.69) is 43.3 Å². The summed E-state index contributed by atoms with van der Waals surface area (Å²) in [5.74, 6) is 1.40. The number of aryl methyl sites for hydroxylation is 1. The molecule has 0 bridgehead atoms. The van der Waals surface area contributed by atoms with Crippen molar-refractivity contribution >= 4 is 10.8 Å². The van der Waals surface area contributed by atoms with Crippen LogP contribution in [0.2, 0.25) is 0 Å². The third-order valence-corrected chi connectivity index (χ3v) is 6.46. The summed E-state index contributed by atoms with van der Waals surface area (Å²) in [7, 11) is 3.26. The van der Waals surface area contributed by atoms with Gasteiger partial charge in [0.15, 0.2) is 0 Å². The maximum atomic E-state index is 13.8. The smallest absolute Gasteiger partial charge is 0.258 e. The first-order valence-corrected chi connectivity index (χ1v) is 11.6. The van der Waals surface area contributed by atoms with Crippen molar-refractivity contribution in [3.8, 4) is 33.8 Å². The second kappa shape index (κ2) is 9.51. The third kappa shape index (κ3) is 4.31. The monoisotopic (exact) mass is 461 g/mol. The van der Waals surface area contributed by atoms with Gasteiger partial charge in [0.05, 0.1) is 20.8 Å². The Bertz CT molecular complexity index is 1570. The van der Waals surface area contributed by atoms with Crippen molar-refractivity contribution in [1.82, 2.24) is 4.57 Å². The summed E-state index contributed by atoms with van der Waals surface area (Å²) in [6.45, 7) is 2.48. The van der Waals surface area contributed by atoms with Crippen molar-refractivity contribution < 1.29 is 9.47 Å². The van der Waals surface area contributed by atoms with E-state index in [0.717, 1.165) is 38.8 Å². The van der Waals surface area contributed by atoms with Gasteiger partial charge in [-0.25, -0.2) is 0 Å². The highest BCUT2D eigenvalue weighted by Gasteiger charge is 2.15. The Labute approximate surface area is 205 Å². The van der Waals surface area contributed by atoms with Gasteiger partial charge >= 0.3 is 0 Å². The van der Waals surface area contributed by atoms with Crippen LogP contribution in [0.4, 0.5) is 0 Å². The molecule has 4 aromatic carbocycles. The molecule has 4 nitrogen and oxygen atoms in total. The van der Waals surface area contributed by atoms with Crippen LogP contribution < -0.4 is 15.0 Å². The molecular formula is C31H27NO3. The quantitative estimate of drug-likeness (QED) is 0.282. The number of nitrogens with zero attached hydrogens (tertiary/aromatic N) is 1. The molecule has 5 aromatic rings. The molecule has 0 saturated heterocycles. The number of rotatable bonds is 6. The molecule has 1 aromatic heterocycles. The number of hydrogen-bond donors (Lipinski definition) is 0. The molecule has 0 aliphatic rings. The number of hydrogen-bond acceptors (Lipinski definition) is 3. The molecule has 0 amide bonds. The molecule has 174 valence electrons. The van der Waals surface area contributed by atoms with Gasteiger partial charge in [0, 0.05) is 28.8 Å². The Kier molecular flexibility index (Phi) is 6.11. The number of aromatic nitrogens is 1. The highest BCUT2D eigenvalue weighted by atomic mass is 16.5. The van der Waals surface area contributed by atoms with Crippen LogP contribution in [-0.4, -0.2) is 18.8 Å². The minimum atomic E-state index is -0.0343. The van der Waals surface area contributed by atoms with Crippen LogP contribution in [0.15, 0.2) is 102 Å². The highest BCUT2D eigenvalue weighted by molar-refractivity contribution is 5.98. The lowest BCUT2D eigenvalue weighted by molar-refractivity contribution is 0.390. The van der Waals surface area contributed by atoms with Crippen molar-refractivity contribution in [1.29, 1.82) is 0 Å². The molecular weight excluding hydrogens is 434 g/mol.